The molecule has 1 N–H and O–H groups in total. The van der Waals surface area contributed by atoms with Crippen LogP contribution in [0.25, 0.3) is 5.76 Å². The number of hydrogen-bond donors (Lipinski definition) is 1. The summed E-state index contributed by atoms with van der Waals surface area (Å²) in [7, 11) is 6.01. The van der Waals surface area contributed by atoms with Crippen LogP contribution in [0.3, 0.4) is 0 Å². The second-order valence-corrected chi connectivity index (χ2v) is 8.67. The SMILES string of the molecule is COCCN1C(=O)C(=O)/C(=C(/O)c2ccc(OC)cc2OC)C1c1ccc(OC)c(OCC(C)C)c1. The van der Waals surface area contributed by atoms with Crippen LogP contribution in [-0.2, 0) is 14.3 Å². The highest BCUT2D eigenvalue weighted by Gasteiger charge is 2.46. The van der Waals surface area contributed by atoms with Crippen LogP contribution in [0.5, 0.6) is 23.0 Å². The lowest BCUT2D eigenvalue weighted by Gasteiger charge is -2.26. The van der Waals surface area contributed by atoms with E-state index in [1.54, 1.807) is 36.4 Å². The predicted octanol–water partition coefficient (Wildman–Crippen LogP) is 3.82. The fraction of sp³-hybridized carbons (Fsp3) is 0.407. The number of nitrogens with zero attached hydrogens (tertiary/aromatic N) is 1. The zero-order valence-electron chi connectivity index (χ0n) is 21.5. The van der Waals surface area contributed by atoms with Gasteiger partial charge in [0.15, 0.2) is 11.5 Å². The fourth-order valence-electron chi connectivity index (χ4n) is 4.02. The molecular weight excluding hydrogens is 466 g/mol. The van der Waals surface area contributed by atoms with Gasteiger partial charge in [-0.05, 0) is 35.7 Å². The number of aliphatic hydroxyl groups is 1. The molecule has 1 heterocycles. The van der Waals surface area contributed by atoms with Crippen LogP contribution >= 0.6 is 0 Å². The maximum atomic E-state index is 13.3. The molecule has 1 amide bonds. The van der Waals surface area contributed by atoms with E-state index in [9.17, 15) is 14.7 Å². The van der Waals surface area contributed by atoms with Crippen molar-refractivity contribution in [2.75, 3.05) is 48.2 Å². The van der Waals surface area contributed by atoms with Crippen LogP contribution in [-0.4, -0.2) is 69.9 Å². The van der Waals surface area contributed by atoms with E-state index >= 15 is 0 Å². The average molecular weight is 500 g/mol. The third-order valence-electron chi connectivity index (χ3n) is 5.82. The number of ketones is 1. The molecule has 0 saturated carbocycles. The topological polar surface area (TPSA) is 104 Å². The Bertz CT molecular complexity index is 1140. The Labute approximate surface area is 211 Å². The van der Waals surface area contributed by atoms with Gasteiger partial charge in [-0.2, -0.15) is 0 Å². The molecule has 1 aliphatic heterocycles. The standard InChI is InChI=1S/C27H33NO8/c1-16(2)15-36-22-13-17(7-10-20(22)34-5)24-23(26(30)27(31)28(24)11-12-32-3)25(29)19-9-8-18(33-4)14-21(19)35-6/h7-10,13-14,16,24,29H,11-12,15H2,1-6H3/b25-23+. The number of benzene rings is 2. The van der Waals surface area contributed by atoms with Gasteiger partial charge < -0.3 is 33.7 Å². The summed E-state index contributed by atoms with van der Waals surface area (Å²) in [6.45, 7) is 4.86. The lowest BCUT2D eigenvalue weighted by atomic mass is 9.94. The van der Waals surface area contributed by atoms with Gasteiger partial charge in [0.1, 0.15) is 17.3 Å². The minimum Gasteiger partial charge on any atom is -0.507 e. The van der Waals surface area contributed by atoms with Crippen molar-refractivity contribution in [3.63, 3.8) is 0 Å². The average Bonchev–Trinajstić information content (AvgIpc) is 3.14. The largest absolute Gasteiger partial charge is 0.507 e. The number of hydrogen-bond acceptors (Lipinski definition) is 8. The van der Waals surface area contributed by atoms with Gasteiger partial charge in [0.05, 0.1) is 51.7 Å². The van der Waals surface area contributed by atoms with Crippen molar-refractivity contribution in [1.29, 1.82) is 0 Å². The zero-order chi connectivity index (χ0) is 26.4. The van der Waals surface area contributed by atoms with Crippen molar-refractivity contribution in [1.82, 2.24) is 4.90 Å². The number of likely N-dealkylation sites (tertiary alicyclic amines) is 1. The minimum atomic E-state index is -0.876. The minimum absolute atomic E-state index is 0.0560. The molecule has 0 spiro atoms. The van der Waals surface area contributed by atoms with Crippen LogP contribution in [0.1, 0.15) is 31.0 Å². The smallest absolute Gasteiger partial charge is 0.295 e. The molecule has 36 heavy (non-hydrogen) atoms. The molecule has 9 nitrogen and oxygen atoms in total. The Morgan fingerprint density at radius 1 is 0.944 bits per heavy atom. The molecule has 2 aromatic carbocycles. The lowest BCUT2D eigenvalue weighted by Crippen LogP contribution is -2.32. The van der Waals surface area contributed by atoms with E-state index in [0.29, 0.717) is 35.2 Å². The molecule has 0 aromatic heterocycles. The van der Waals surface area contributed by atoms with Gasteiger partial charge in [-0.25, -0.2) is 0 Å². The number of carbonyl (C=O) groups excluding carboxylic acids is 2. The molecule has 1 aliphatic rings. The Morgan fingerprint density at radius 2 is 1.67 bits per heavy atom. The summed E-state index contributed by atoms with van der Waals surface area (Å²) in [6, 6.07) is 9.13. The zero-order valence-corrected chi connectivity index (χ0v) is 21.5. The molecule has 1 unspecified atom stereocenters. The maximum Gasteiger partial charge on any atom is 0.295 e. The van der Waals surface area contributed by atoms with Crippen LogP contribution in [0.2, 0.25) is 0 Å². The summed E-state index contributed by atoms with van der Waals surface area (Å²) in [5, 5.41) is 11.4. The molecule has 0 bridgehead atoms. The van der Waals surface area contributed by atoms with Gasteiger partial charge in [0.25, 0.3) is 11.7 Å². The van der Waals surface area contributed by atoms with Crippen molar-refractivity contribution in [3.05, 3.63) is 53.1 Å². The molecule has 3 rings (SSSR count). The highest BCUT2D eigenvalue weighted by molar-refractivity contribution is 6.46. The summed E-state index contributed by atoms with van der Waals surface area (Å²) >= 11 is 0. The summed E-state index contributed by atoms with van der Waals surface area (Å²) in [5.41, 5.74) is 0.788. The van der Waals surface area contributed by atoms with E-state index < -0.39 is 17.7 Å². The third-order valence-corrected chi connectivity index (χ3v) is 5.82. The van der Waals surface area contributed by atoms with Crippen molar-refractivity contribution >= 4 is 17.4 Å². The lowest BCUT2D eigenvalue weighted by molar-refractivity contribution is -0.140. The first-order valence-corrected chi connectivity index (χ1v) is 11.6. The molecule has 1 fully saturated rings. The van der Waals surface area contributed by atoms with Gasteiger partial charge in [-0.3, -0.25) is 9.59 Å². The van der Waals surface area contributed by atoms with E-state index in [-0.39, 0.29) is 36.0 Å². The fourth-order valence-corrected chi connectivity index (χ4v) is 4.02. The number of methoxy groups -OCH3 is 4. The normalized spacial score (nSPS) is 17.0. The number of rotatable bonds is 11. The third kappa shape index (κ3) is 5.41. The first kappa shape index (κ1) is 26.9. The number of aliphatic hydroxyl groups excluding tert-OH is 1. The quantitative estimate of drug-likeness (QED) is 0.283. The van der Waals surface area contributed by atoms with Gasteiger partial charge in [-0.1, -0.05) is 19.9 Å². The van der Waals surface area contributed by atoms with E-state index in [1.165, 1.54) is 33.3 Å². The van der Waals surface area contributed by atoms with Crippen molar-refractivity contribution in [2.45, 2.75) is 19.9 Å². The Balaban J connectivity index is 2.20. The Kier molecular flexibility index (Phi) is 8.82. The second-order valence-electron chi connectivity index (χ2n) is 8.67. The van der Waals surface area contributed by atoms with Crippen molar-refractivity contribution in [2.24, 2.45) is 5.92 Å². The van der Waals surface area contributed by atoms with Gasteiger partial charge in [-0.15, -0.1) is 0 Å². The summed E-state index contributed by atoms with van der Waals surface area (Å²) < 4.78 is 27.2. The van der Waals surface area contributed by atoms with E-state index in [4.69, 9.17) is 23.7 Å². The number of amides is 1. The second kappa shape index (κ2) is 11.8. The number of ether oxygens (including phenoxy) is 5. The maximum absolute atomic E-state index is 13.3. The van der Waals surface area contributed by atoms with Crippen molar-refractivity contribution < 1.29 is 38.4 Å². The molecular formula is C27H33NO8. The van der Waals surface area contributed by atoms with E-state index in [0.717, 1.165) is 0 Å². The first-order valence-electron chi connectivity index (χ1n) is 11.6. The molecule has 1 saturated heterocycles. The molecule has 1 atom stereocenters. The molecule has 194 valence electrons. The van der Waals surface area contributed by atoms with Gasteiger partial charge in [0.2, 0.25) is 0 Å². The van der Waals surface area contributed by atoms with E-state index in [1.807, 2.05) is 13.8 Å². The predicted molar refractivity (Wildman–Crippen MR) is 134 cm³/mol. The van der Waals surface area contributed by atoms with Crippen LogP contribution in [0, 0.1) is 5.92 Å². The highest BCUT2D eigenvalue weighted by atomic mass is 16.5. The molecule has 2 aromatic rings. The summed E-state index contributed by atoms with van der Waals surface area (Å²) in [4.78, 5) is 27.7. The molecule has 0 aliphatic carbocycles. The van der Waals surface area contributed by atoms with Crippen LogP contribution < -0.4 is 18.9 Å². The molecule has 0 radical (unpaired) electrons. The Hall–Kier alpha value is -3.72. The van der Waals surface area contributed by atoms with Crippen molar-refractivity contribution in [3.8, 4) is 23.0 Å². The molecule has 9 heteroatoms. The van der Waals surface area contributed by atoms with Crippen LogP contribution in [0.15, 0.2) is 42.0 Å². The monoisotopic (exact) mass is 499 g/mol. The first-order chi connectivity index (χ1) is 17.3. The summed E-state index contributed by atoms with van der Waals surface area (Å²) in [6.07, 6.45) is 0. The highest BCUT2D eigenvalue weighted by Crippen LogP contribution is 2.43. The summed E-state index contributed by atoms with van der Waals surface area (Å²) in [5.74, 6) is 0.199. The van der Waals surface area contributed by atoms with E-state index in [2.05, 4.69) is 0 Å². The van der Waals surface area contributed by atoms with Crippen LogP contribution in [0.4, 0.5) is 0 Å². The number of carbonyl (C=O) groups is 2. The van der Waals surface area contributed by atoms with Gasteiger partial charge in [0, 0.05) is 19.7 Å². The number of Topliss-reactive ketones (excluding diaryl/α,β-unsaturated/α-hetero) is 1. The Morgan fingerprint density at radius 3 is 2.28 bits per heavy atom. The van der Waals surface area contributed by atoms with Gasteiger partial charge >= 0.3 is 0 Å².